The zero-order valence-electron chi connectivity index (χ0n) is 13.1. The summed E-state index contributed by atoms with van der Waals surface area (Å²) in [6.45, 7) is 6.32. The zero-order chi connectivity index (χ0) is 14.8. The number of nitrogens with two attached hydrogens (primary N) is 1. The molecule has 5 nitrogen and oxygen atoms in total. The van der Waals surface area contributed by atoms with Crippen LogP contribution in [0.3, 0.4) is 0 Å². The van der Waals surface area contributed by atoms with Crippen molar-refractivity contribution < 1.29 is 9.26 Å². The van der Waals surface area contributed by atoms with Gasteiger partial charge >= 0.3 is 0 Å². The van der Waals surface area contributed by atoms with Gasteiger partial charge in [-0.3, -0.25) is 0 Å². The Bertz CT molecular complexity index is 433. The van der Waals surface area contributed by atoms with E-state index in [-0.39, 0.29) is 17.6 Å². The standard InChI is InChI=1S/C15H27N3O2/c1-5-12(11(3)16)13-17-14(18-20-13)15(19-4)8-6-7-10(2)9-15/h10-12H,5-9,16H2,1-4H3. The van der Waals surface area contributed by atoms with E-state index in [1.165, 1.54) is 6.42 Å². The number of aromatic nitrogens is 2. The first-order valence-electron chi connectivity index (χ1n) is 7.67. The van der Waals surface area contributed by atoms with Crippen molar-refractivity contribution in [3.63, 3.8) is 0 Å². The van der Waals surface area contributed by atoms with Gasteiger partial charge in [0, 0.05) is 13.2 Å². The Balaban J connectivity index is 2.26. The van der Waals surface area contributed by atoms with E-state index in [0.29, 0.717) is 17.6 Å². The van der Waals surface area contributed by atoms with Gasteiger partial charge in [-0.1, -0.05) is 25.4 Å². The molecule has 1 fully saturated rings. The Hall–Kier alpha value is -0.940. The predicted octanol–water partition coefficient (Wildman–Crippen LogP) is 2.96. The number of nitrogens with zero attached hydrogens (tertiary/aromatic N) is 2. The summed E-state index contributed by atoms with van der Waals surface area (Å²) in [4.78, 5) is 4.62. The molecule has 0 spiro atoms. The summed E-state index contributed by atoms with van der Waals surface area (Å²) >= 11 is 0. The molecule has 2 rings (SSSR count). The van der Waals surface area contributed by atoms with Gasteiger partial charge in [0.05, 0.1) is 5.92 Å². The second-order valence-corrected chi connectivity index (χ2v) is 6.23. The van der Waals surface area contributed by atoms with Crippen LogP contribution in [0.4, 0.5) is 0 Å². The molecule has 0 saturated heterocycles. The SMILES string of the molecule is CCC(c1nc(C2(OC)CCCC(C)C2)no1)C(C)N. The van der Waals surface area contributed by atoms with E-state index >= 15 is 0 Å². The van der Waals surface area contributed by atoms with E-state index in [9.17, 15) is 0 Å². The highest BCUT2D eigenvalue weighted by Crippen LogP contribution is 2.41. The van der Waals surface area contributed by atoms with E-state index in [1.807, 2.05) is 6.92 Å². The summed E-state index contributed by atoms with van der Waals surface area (Å²) in [5.41, 5.74) is 5.62. The van der Waals surface area contributed by atoms with Crippen LogP contribution in [0.5, 0.6) is 0 Å². The van der Waals surface area contributed by atoms with Gasteiger partial charge in [0.1, 0.15) is 5.60 Å². The molecule has 0 aliphatic heterocycles. The first-order chi connectivity index (χ1) is 9.52. The molecule has 4 unspecified atom stereocenters. The quantitative estimate of drug-likeness (QED) is 0.898. The molecule has 0 amide bonds. The minimum atomic E-state index is -0.379. The largest absolute Gasteiger partial charge is 0.370 e. The van der Waals surface area contributed by atoms with Crippen LogP contribution < -0.4 is 5.73 Å². The van der Waals surface area contributed by atoms with Crippen molar-refractivity contribution in [2.24, 2.45) is 11.7 Å². The van der Waals surface area contributed by atoms with Gasteiger partial charge in [0.2, 0.25) is 11.7 Å². The molecular formula is C15H27N3O2. The number of hydrogen-bond donors (Lipinski definition) is 1. The predicted molar refractivity (Wildman–Crippen MR) is 77.3 cm³/mol. The maximum absolute atomic E-state index is 6.00. The second kappa shape index (κ2) is 6.22. The molecule has 1 saturated carbocycles. The Morgan fingerprint density at radius 3 is 2.85 bits per heavy atom. The van der Waals surface area contributed by atoms with Crippen molar-refractivity contribution in [2.75, 3.05) is 7.11 Å². The van der Waals surface area contributed by atoms with Gasteiger partial charge in [0.15, 0.2) is 0 Å². The number of hydrogen-bond acceptors (Lipinski definition) is 5. The van der Waals surface area contributed by atoms with Crippen LogP contribution in [0.1, 0.15) is 70.5 Å². The van der Waals surface area contributed by atoms with E-state index in [0.717, 1.165) is 25.7 Å². The smallest absolute Gasteiger partial charge is 0.231 e. The highest BCUT2D eigenvalue weighted by atomic mass is 16.5. The molecule has 1 aliphatic rings. The highest BCUT2D eigenvalue weighted by Gasteiger charge is 2.41. The summed E-state index contributed by atoms with van der Waals surface area (Å²) < 4.78 is 11.3. The Morgan fingerprint density at radius 2 is 2.30 bits per heavy atom. The average Bonchev–Trinajstić information content (AvgIpc) is 2.89. The third-order valence-corrected chi connectivity index (χ3v) is 4.59. The lowest BCUT2D eigenvalue weighted by molar-refractivity contribution is -0.0658. The first-order valence-corrected chi connectivity index (χ1v) is 7.67. The molecule has 114 valence electrons. The van der Waals surface area contributed by atoms with Crippen molar-refractivity contribution in [2.45, 2.75) is 70.4 Å². The van der Waals surface area contributed by atoms with Crippen LogP contribution in [0.15, 0.2) is 4.52 Å². The van der Waals surface area contributed by atoms with Gasteiger partial charge in [0.25, 0.3) is 0 Å². The monoisotopic (exact) mass is 281 g/mol. The maximum Gasteiger partial charge on any atom is 0.231 e. The minimum Gasteiger partial charge on any atom is -0.370 e. The van der Waals surface area contributed by atoms with Gasteiger partial charge in [-0.05, 0) is 38.5 Å². The van der Waals surface area contributed by atoms with Crippen molar-refractivity contribution in [1.29, 1.82) is 0 Å². The highest BCUT2D eigenvalue weighted by molar-refractivity contribution is 5.07. The summed E-state index contributed by atoms with van der Waals surface area (Å²) in [6, 6.07) is 0.0112. The average molecular weight is 281 g/mol. The van der Waals surface area contributed by atoms with Crippen molar-refractivity contribution in [3.05, 3.63) is 11.7 Å². The second-order valence-electron chi connectivity index (χ2n) is 6.23. The molecular weight excluding hydrogens is 254 g/mol. The lowest BCUT2D eigenvalue weighted by atomic mass is 9.78. The normalized spacial score (nSPS) is 30.1. The molecule has 1 aliphatic carbocycles. The van der Waals surface area contributed by atoms with E-state index in [4.69, 9.17) is 15.0 Å². The zero-order valence-corrected chi connectivity index (χ0v) is 13.1. The Labute approximate surface area is 121 Å². The molecule has 20 heavy (non-hydrogen) atoms. The molecule has 4 atom stereocenters. The number of ether oxygens (including phenoxy) is 1. The van der Waals surface area contributed by atoms with Crippen LogP contribution in [0.2, 0.25) is 0 Å². The molecule has 2 N–H and O–H groups in total. The fourth-order valence-electron chi connectivity index (χ4n) is 3.33. The lowest BCUT2D eigenvalue weighted by Gasteiger charge is -2.36. The Kier molecular flexibility index (Phi) is 4.81. The molecule has 5 heteroatoms. The molecule has 1 aromatic rings. The summed E-state index contributed by atoms with van der Waals surface area (Å²) in [5.74, 6) is 2.08. The summed E-state index contributed by atoms with van der Waals surface area (Å²) in [7, 11) is 1.75. The van der Waals surface area contributed by atoms with Gasteiger partial charge in [-0.25, -0.2) is 0 Å². The molecule has 0 bridgehead atoms. The van der Waals surface area contributed by atoms with Crippen LogP contribution in [-0.2, 0) is 10.3 Å². The fraction of sp³-hybridized carbons (Fsp3) is 0.867. The van der Waals surface area contributed by atoms with E-state index < -0.39 is 0 Å². The van der Waals surface area contributed by atoms with E-state index in [2.05, 4.69) is 24.0 Å². The van der Waals surface area contributed by atoms with Crippen LogP contribution in [0.25, 0.3) is 0 Å². The first kappa shape index (κ1) is 15.4. The fourth-order valence-corrected chi connectivity index (χ4v) is 3.33. The number of rotatable bonds is 5. The topological polar surface area (TPSA) is 74.2 Å². The molecule has 1 aromatic heterocycles. The van der Waals surface area contributed by atoms with Gasteiger partial charge in [-0.2, -0.15) is 4.98 Å². The number of methoxy groups -OCH3 is 1. The Morgan fingerprint density at radius 1 is 1.55 bits per heavy atom. The van der Waals surface area contributed by atoms with Gasteiger partial charge in [-0.15, -0.1) is 0 Å². The van der Waals surface area contributed by atoms with Crippen LogP contribution in [0, 0.1) is 5.92 Å². The molecule has 0 aromatic carbocycles. The van der Waals surface area contributed by atoms with Crippen LogP contribution in [-0.4, -0.2) is 23.3 Å². The lowest BCUT2D eigenvalue weighted by Crippen LogP contribution is -2.35. The third kappa shape index (κ3) is 2.88. The van der Waals surface area contributed by atoms with E-state index in [1.54, 1.807) is 7.11 Å². The summed E-state index contributed by atoms with van der Waals surface area (Å²) in [6.07, 6.45) is 5.20. The van der Waals surface area contributed by atoms with Crippen molar-refractivity contribution in [1.82, 2.24) is 10.1 Å². The maximum atomic E-state index is 6.00. The summed E-state index contributed by atoms with van der Waals surface area (Å²) in [5, 5.41) is 4.20. The minimum absolute atomic E-state index is 0.0112. The molecule has 0 radical (unpaired) electrons. The van der Waals surface area contributed by atoms with Gasteiger partial charge < -0.3 is 15.0 Å². The van der Waals surface area contributed by atoms with Crippen LogP contribution >= 0.6 is 0 Å². The van der Waals surface area contributed by atoms with Crippen molar-refractivity contribution in [3.8, 4) is 0 Å². The third-order valence-electron chi connectivity index (χ3n) is 4.59. The molecule has 1 heterocycles. The van der Waals surface area contributed by atoms with Crippen molar-refractivity contribution >= 4 is 0 Å².